The van der Waals surface area contributed by atoms with E-state index in [9.17, 15) is 19.6 Å². The zero-order valence-electron chi connectivity index (χ0n) is 24.4. The van der Waals surface area contributed by atoms with E-state index >= 15 is 0 Å². The van der Waals surface area contributed by atoms with E-state index < -0.39 is 17.0 Å². The number of amides is 1. The zero-order chi connectivity index (χ0) is 29.2. The highest BCUT2D eigenvalue weighted by Crippen LogP contribution is 2.58. The van der Waals surface area contributed by atoms with Crippen molar-refractivity contribution < 1.29 is 19.4 Å². The van der Waals surface area contributed by atoms with Gasteiger partial charge in [0, 0.05) is 48.4 Å². The summed E-state index contributed by atoms with van der Waals surface area (Å²) in [6.45, 7) is 7.71. The summed E-state index contributed by atoms with van der Waals surface area (Å²) in [6.07, 6.45) is 9.52. The summed E-state index contributed by atoms with van der Waals surface area (Å²) < 4.78 is 5.69. The van der Waals surface area contributed by atoms with E-state index in [0.29, 0.717) is 49.1 Å². The quantitative estimate of drug-likeness (QED) is 0.228. The molecular formula is C32H42N4O5. The molecule has 2 aliphatic carbocycles. The first-order valence-electron chi connectivity index (χ1n) is 15.1. The number of rotatable bonds is 10. The van der Waals surface area contributed by atoms with Crippen LogP contribution < -0.4 is 10.1 Å². The van der Waals surface area contributed by atoms with Crippen LogP contribution >= 0.6 is 0 Å². The van der Waals surface area contributed by atoms with Crippen molar-refractivity contribution in [3.63, 3.8) is 0 Å². The molecule has 1 saturated heterocycles. The maximum absolute atomic E-state index is 13.2. The Labute approximate surface area is 242 Å². The average molecular weight is 563 g/mol. The number of ether oxygens (including phenoxy) is 1. The molecule has 220 valence electrons. The third-order valence-electron chi connectivity index (χ3n) is 9.71. The number of carbonyl (C=O) groups excluding carboxylic acids is 2. The van der Waals surface area contributed by atoms with E-state index in [0.717, 1.165) is 25.1 Å². The number of carbonyl (C=O) groups is 2. The fourth-order valence-electron chi connectivity index (χ4n) is 7.26. The predicted molar refractivity (Wildman–Crippen MR) is 156 cm³/mol. The normalized spacial score (nSPS) is 28.0. The Hall–Kier alpha value is -3.17. The van der Waals surface area contributed by atoms with Crippen molar-refractivity contribution in [1.82, 2.24) is 15.2 Å². The number of nitrogens with one attached hydrogen (secondary N) is 1. The number of aromatic nitrogens is 1. The standard InChI is InChI=1S/C32H42N4O5/c1-4-5-6-27(37)41-26-10-7-21(2)28(29(26)35-40)31-15-18-36(20-23-8-9-23)22(3)32(31,39)14-11-25(19-31)34-30(38)24-12-16-33-17-13-24/h7,10,12-13,16-17,22-23,25,39H,4-6,8-9,11,14-15,18-20H2,1-3H3,(H,34,38)/t22?,25-,31?,32-/m1/s1. The Morgan fingerprint density at radius 3 is 2.61 bits per heavy atom. The van der Waals surface area contributed by atoms with Crippen molar-refractivity contribution >= 4 is 17.6 Å². The highest BCUT2D eigenvalue weighted by molar-refractivity contribution is 5.94. The number of nitroso groups, excluding NO2 is 1. The van der Waals surface area contributed by atoms with Crippen molar-refractivity contribution in [2.45, 2.75) is 102 Å². The van der Waals surface area contributed by atoms with Gasteiger partial charge in [0.05, 0.1) is 5.60 Å². The topological polar surface area (TPSA) is 121 Å². The van der Waals surface area contributed by atoms with Gasteiger partial charge in [-0.3, -0.25) is 19.5 Å². The number of esters is 1. The van der Waals surface area contributed by atoms with Crippen LogP contribution in [0.1, 0.15) is 93.1 Å². The van der Waals surface area contributed by atoms with Crippen LogP contribution in [0.2, 0.25) is 0 Å². The van der Waals surface area contributed by atoms with Crippen LogP contribution in [0.3, 0.4) is 0 Å². The van der Waals surface area contributed by atoms with Gasteiger partial charge in [-0.1, -0.05) is 19.4 Å². The highest BCUT2D eigenvalue weighted by atomic mass is 16.5. The van der Waals surface area contributed by atoms with Crippen molar-refractivity contribution in [3.8, 4) is 5.75 Å². The molecular weight excluding hydrogens is 520 g/mol. The van der Waals surface area contributed by atoms with Crippen molar-refractivity contribution in [2.24, 2.45) is 11.1 Å². The average Bonchev–Trinajstić information content (AvgIpc) is 3.80. The van der Waals surface area contributed by atoms with Gasteiger partial charge in [0.15, 0.2) is 11.4 Å². The van der Waals surface area contributed by atoms with Crippen LogP contribution in [0.25, 0.3) is 0 Å². The van der Waals surface area contributed by atoms with Gasteiger partial charge in [-0.05, 0) is 106 Å². The number of hydrogen-bond acceptors (Lipinski definition) is 8. The number of likely N-dealkylation sites (tertiary alicyclic amines) is 1. The molecule has 1 aliphatic heterocycles. The molecule has 4 atom stereocenters. The summed E-state index contributed by atoms with van der Waals surface area (Å²) >= 11 is 0. The van der Waals surface area contributed by atoms with Gasteiger partial charge in [0.1, 0.15) is 0 Å². The monoisotopic (exact) mass is 562 g/mol. The Bertz CT molecular complexity index is 1280. The van der Waals surface area contributed by atoms with Gasteiger partial charge in [-0.2, -0.15) is 0 Å². The number of fused-ring (bicyclic) bond motifs is 1. The minimum absolute atomic E-state index is 0.0808. The van der Waals surface area contributed by atoms with Crippen molar-refractivity contribution in [1.29, 1.82) is 0 Å². The number of aryl methyl sites for hydroxylation is 1. The van der Waals surface area contributed by atoms with Gasteiger partial charge in [-0.25, -0.2) is 0 Å². The number of aliphatic hydroxyl groups is 1. The lowest BCUT2D eigenvalue weighted by atomic mass is 9.52. The first-order valence-corrected chi connectivity index (χ1v) is 15.1. The fraction of sp³-hybridized carbons (Fsp3) is 0.594. The summed E-state index contributed by atoms with van der Waals surface area (Å²) in [5, 5.41) is 19.4. The third-order valence-corrected chi connectivity index (χ3v) is 9.71. The molecule has 3 aliphatic rings. The van der Waals surface area contributed by atoms with E-state index in [1.807, 2.05) is 19.9 Å². The van der Waals surface area contributed by atoms with Gasteiger partial charge in [-0.15, -0.1) is 4.91 Å². The molecule has 41 heavy (non-hydrogen) atoms. The minimum Gasteiger partial charge on any atom is -0.424 e. The van der Waals surface area contributed by atoms with E-state index in [1.54, 1.807) is 30.6 Å². The number of nitrogens with zero attached hydrogens (tertiary/aromatic N) is 3. The summed E-state index contributed by atoms with van der Waals surface area (Å²) in [6, 6.07) is 6.44. The molecule has 2 saturated carbocycles. The predicted octanol–water partition coefficient (Wildman–Crippen LogP) is 5.34. The minimum atomic E-state index is -1.17. The number of hydrogen-bond donors (Lipinski definition) is 2. The molecule has 1 amide bonds. The molecule has 2 N–H and O–H groups in total. The lowest BCUT2D eigenvalue weighted by Crippen LogP contribution is -2.71. The number of piperidine rings is 1. The van der Waals surface area contributed by atoms with Gasteiger partial charge < -0.3 is 15.2 Å². The van der Waals surface area contributed by atoms with Gasteiger partial charge in [0.2, 0.25) is 0 Å². The Kier molecular flexibility index (Phi) is 8.57. The second-order valence-corrected chi connectivity index (χ2v) is 12.3. The lowest BCUT2D eigenvalue weighted by Gasteiger charge is -2.61. The Balaban J connectivity index is 1.55. The SMILES string of the molecule is CCCCC(=O)Oc1ccc(C)c(C23CCN(CC4CC4)C(C)[C@]2(O)CC[C@@H](NC(=O)c2ccncc2)C3)c1N=O. The molecule has 0 spiro atoms. The van der Waals surface area contributed by atoms with Crippen LogP contribution in [0.5, 0.6) is 5.75 Å². The van der Waals surface area contributed by atoms with E-state index in [2.05, 4.69) is 27.3 Å². The van der Waals surface area contributed by atoms with E-state index in [4.69, 9.17) is 4.74 Å². The molecule has 1 aromatic heterocycles. The number of benzene rings is 1. The molecule has 2 unspecified atom stereocenters. The number of unbranched alkanes of at least 4 members (excludes halogenated alkanes) is 1. The second-order valence-electron chi connectivity index (χ2n) is 12.3. The van der Waals surface area contributed by atoms with Gasteiger partial charge in [0.25, 0.3) is 5.91 Å². The third kappa shape index (κ3) is 5.66. The van der Waals surface area contributed by atoms with Crippen LogP contribution in [0, 0.1) is 17.7 Å². The van der Waals surface area contributed by atoms with Gasteiger partial charge >= 0.3 is 5.97 Å². The molecule has 2 heterocycles. The van der Waals surface area contributed by atoms with Crippen LogP contribution in [0.4, 0.5) is 5.69 Å². The van der Waals surface area contributed by atoms with Crippen molar-refractivity contribution in [3.05, 3.63) is 58.3 Å². The van der Waals surface area contributed by atoms with Crippen LogP contribution in [-0.4, -0.2) is 57.6 Å². The van der Waals surface area contributed by atoms with E-state index in [-0.39, 0.29) is 35.8 Å². The number of pyridine rings is 1. The summed E-state index contributed by atoms with van der Waals surface area (Å²) in [5.41, 5.74) is 0.00622. The highest BCUT2D eigenvalue weighted by Gasteiger charge is 2.62. The summed E-state index contributed by atoms with van der Waals surface area (Å²) in [5.74, 6) is 0.207. The largest absolute Gasteiger partial charge is 0.424 e. The molecule has 0 radical (unpaired) electrons. The van der Waals surface area contributed by atoms with Crippen LogP contribution in [-0.2, 0) is 10.2 Å². The second kappa shape index (κ2) is 12.0. The maximum Gasteiger partial charge on any atom is 0.311 e. The molecule has 0 bridgehead atoms. The molecule has 2 aromatic rings. The first-order chi connectivity index (χ1) is 19.7. The fourth-order valence-corrected chi connectivity index (χ4v) is 7.26. The van der Waals surface area contributed by atoms with Crippen molar-refractivity contribution in [2.75, 3.05) is 13.1 Å². The molecule has 1 aromatic carbocycles. The van der Waals surface area contributed by atoms with Crippen LogP contribution in [0.15, 0.2) is 41.8 Å². The zero-order valence-corrected chi connectivity index (χ0v) is 24.4. The molecule has 5 rings (SSSR count). The summed E-state index contributed by atoms with van der Waals surface area (Å²) in [4.78, 5) is 44.7. The first kappa shape index (κ1) is 29.3. The Morgan fingerprint density at radius 2 is 1.93 bits per heavy atom. The smallest absolute Gasteiger partial charge is 0.311 e. The summed E-state index contributed by atoms with van der Waals surface area (Å²) in [7, 11) is 0. The lowest BCUT2D eigenvalue weighted by molar-refractivity contribution is -0.158. The maximum atomic E-state index is 13.2. The Morgan fingerprint density at radius 1 is 1.17 bits per heavy atom. The molecule has 9 heteroatoms. The molecule has 9 nitrogen and oxygen atoms in total. The molecule has 3 fully saturated rings. The van der Waals surface area contributed by atoms with E-state index in [1.165, 1.54) is 12.8 Å².